The molecule has 1 aliphatic rings. The normalized spacial score (nSPS) is 17.9. The summed E-state index contributed by atoms with van der Waals surface area (Å²) < 4.78 is 0.835. The van der Waals surface area contributed by atoms with Crippen LogP contribution in [0.25, 0.3) is 0 Å². The molecule has 0 unspecified atom stereocenters. The number of carboxylic acids is 2. The van der Waals surface area contributed by atoms with E-state index >= 15 is 0 Å². The third kappa shape index (κ3) is 9.61. The molecule has 2 aromatic rings. The molecule has 10 heteroatoms. The van der Waals surface area contributed by atoms with Crippen LogP contribution >= 0.6 is 0 Å². The first-order valence-corrected chi connectivity index (χ1v) is 11.9. The van der Waals surface area contributed by atoms with Crippen molar-refractivity contribution in [1.82, 2.24) is 19.6 Å². The van der Waals surface area contributed by atoms with Crippen molar-refractivity contribution >= 4 is 11.9 Å². The zero-order chi connectivity index (χ0) is 25.0. The maximum atomic E-state index is 12.2. The Bertz CT molecular complexity index is 913. The number of nitrogens with zero attached hydrogens (tertiary/aromatic N) is 5. The summed E-state index contributed by atoms with van der Waals surface area (Å²) in [4.78, 5) is 31.2. The molecule has 0 aliphatic carbocycles. The topological polar surface area (TPSA) is 114 Å². The van der Waals surface area contributed by atoms with Crippen LogP contribution in [0.2, 0.25) is 0 Å². The maximum Gasteiger partial charge on any atom is 0.317 e. The Hall–Kier alpha value is -3.05. The number of hydrogen-bond donors (Lipinski definition) is 2. The van der Waals surface area contributed by atoms with Crippen LogP contribution in [0, 0.1) is 5.21 Å². The van der Waals surface area contributed by atoms with Crippen molar-refractivity contribution in [2.75, 3.05) is 65.4 Å². The molecule has 2 heterocycles. The second-order valence-electron chi connectivity index (χ2n) is 8.90. The Morgan fingerprint density at radius 3 is 1.63 bits per heavy atom. The van der Waals surface area contributed by atoms with Crippen LogP contribution in [0.15, 0.2) is 54.7 Å². The predicted molar refractivity (Wildman–Crippen MR) is 131 cm³/mol. The van der Waals surface area contributed by atoms with Gasteiger partial charge in [-0.1, -0.05) is 30.3 Å². The third-order valence-corrected chi connectivity index (χ3v) is 6.19. The number of hydrogen-bond acceptors (Lipinski definition) is 7. The Morgan fingerprint density at radius 2 is 1.14 bits per heavy atom. The minimum Gasteiger partial charge on any atom is -0.618 e. The van der Waals surface area contributed by atoms with Gasteiger partial charge in [0.05, 0.1) is 19.6 Å². The lowest BCUT2D eigenvalue weighted by Gasteiger charge is -2.33. The number of aliphatic carboxylic acids is 2. The Morgan fingerprint density at radius 1 is 0.686 bits per heavy atom. The average molecular weight is 486 g/mol. The summed E-state index contributed by atoms with van der Waals surface area (Å²) in [5, 5.41) is 31.1. The molecule has 190 valence electrons. The summed E-state index contributed by atoms with van der Waals surface area (Å²) in [6.07, 6.45) is 1.46. The van der Waals surface area contributed by atoms with E-state index in [-0.39, 0.29) is 13.1 Å². The van der Waals surface area contributed by atoms with Gasteiger partial charge < -0.3 is 15.4 Å². The molecule has 35 heavy (non-hydrogen) atoms. The lowest BCUT2D eigenvalue weighted by molar-refractivity contribution is -0.615. The predicted octanol–water partition coefficient (Wildman–Crippen LogP) is 0.411. The van der Waals surface area contributed by atoms with Crippen LogP contribution in [0.5, 0.6) is 0 Å². The van der Waals surface area contributed by atoms with E-state index in [1.54, 1.807) is 12.1 Å². The maximum absolute atomic E-state index is 12.2. The Balaban J connectivity index is 1.75. The summed E-state index contributed by atoms with van der Waals surface area (Å²) in [6.45, 7) is 5.74. The zero-order valence-electron chi connectivity index (χ0n) is 20.0. The smallest absolute Gasteiger partial charge is 0.317 e. The monoisotopic (exact) mass is 485 g/mol. The number of carboxylic acid groups (broad SMARTS) is 2. The highest BCUT2D eigenvalue weighted by molar-refractivity contribution is 5.69. The van der Waals surface area contributed by atoms with E-state index in [4.69, 9.17) is 0 Å². The molecule has 0 amide bonds. The SMILES string of the molecule is O=C(O)CN1CCN(Cc2ccccc2)CCN(CC(=O)O)CCN(Cc2cccc[n+]2[O-])CC1. The minimum atomic E-state index is -0.869. The molecule has 2 N–H and O–H groups in total. The number of carbonyl (C=O) groups is 2. The van der Waals surface area contributed by atoms with Crippen LogP contribution in [0.4, 0.5) is 0 Å². The van der Waals surface area contributed by atoms with E-state index in [9.17, 15) is 25.0 Å². The summed E-state index contributed by atoms with van der Waals surface area (Å²) in [6, 6.07) is 15.3. The molecule has 0 saturated carbocycles. The highest BCUT2D eigenvalue weighted by Crippen LogP contribution is 2.08. The summed E-state index contributed by atoms with van der Waals surface area (Å²) in [7, 11) is 0. The highest BCUT2D eigenvalue weighted by atomic mass is 16.5. The van der Waals surface area contributed by atoms with Crippen molar-refractivity contribution in [1.29, 1.82) is 0 Å². The number of benzene rings is 1. The first-order chi connectivity index (χ1) is 16.9. The number of rotatable bonds is 8. The Labute approximate surface area is 206 Å². The first kappa shape index (κ1) is 26.6. The van der Waals surface area contributed by atoms with E-state index in [2.05, 4.69) is 21.9 Å². The first-order valence-electron chi connectivity index (χ1n) is 11.9. The van der Waals surface area contributed by atoms with Gasteiger partial charge in [-0.2, -0.15) is 4.73 Å². The lowest BCUT2D eigenvalue weighted by Crippen LogP contribution is -2.48. The summed E-state index contributed by atoms with van der Waals surface area (Å²) >= 11 is 0. The van der Waals surface area contributed by atoms with Crippen LogP contribution in [-0.2, 0) is 22.7 Å². The largest absolute Gasteiger partial charge is 0.618 e. The fraction of sp³-hybridized carbons (Fsp3) is 0.480. The van der Waals surface area contributed by atoms with Gasteiger partial charge in [0.2, 0.25) is 5.69 Å². The molecule has 1 aromatic heterocycles. The molecule has 1 saturated heterocycles. The molecule has 1 aliphatic heterocycles. The highest BCUT2D eigenvalue weighted by Gasteiger charge is 2.20. The van der Waals surface area contributed by atoms with E-state index in [1.165, 1.54) is 6.20 Å². The van der Waals surface area contributed by atoms with Crippen molar-refractivity contribution in [3.63, 3.8) is 0 Å². The molecule has 0 radical (unpaired) electrons. The van der Waals surface area contributed by atoms with Crippen molar-refractivity contribution in [3.05, 3.63) is 71.2 Å². The number of pyridine rings is 1. The molecule has 0 spiro atoms. The van der Waals surface area contributed by atoms with Gasteiger partial charge in [-0.25, -0.2) is 0 Å². The molecule has 1 aromatic carbocycles. The Kier molecular flexibility index (Phi) is 10.4. The van der Waals surface area contributed by atoms with Gasteiger partial charge in [-0.15, -0.1) is 0 Å². The zero-order valence-corrected chi connectivity index (χ0v) is 20.0. The molecular formula is C25H35N5O5. The molecule has 10 nitrogen and oxygen atoms in total. The molecule has 3 rings (SSSR count). The van der Waals surface area contributed by atoms with Gasteiger partial charge in [0.15, 0.2) is 6.20 Å². The molecule has 1 fully saturated rings. The van der Waals surface area contributed by atoms with Gasteiger partial charge in [-0.3, -0.25) is 29.2 Å². The van der Waals surface area contributed by atoms with E-state index in [0.29, 0.717) is 71.1 Å². The van der Waals surface area contributed by atoms with Gasteiger partial charge in [0, 0.05) is 71.0 Å². The van der Waals surface area contributed by atoms with Crippen LogP contribution in [0.1, 0.15) is 11.3 Å². The van der Waals surface area contributed by atoms with Crippen molar-refractivity contribution in [2.45, 2.75) is 13.1 Å². The van der Waals surface area contributed by atoms with Crippen molar-refractivity contribution in [3.8, 4) is 0 Å². The molecule has 0 atom stereocenters. The van der Waals surface area contributed by atoms with Gasteiger partial charge >= 0.3 is 11.9 Å². The summed E-state index contributed by atoms with van der Waals surface area (Å²) in [5.74, 6) is -1.74. The van der Waals surface area contributed by atoms with E-state index in [1.807, 2.05) is 34.1 Å². The lowest BCUT2D eigenvalue weighted by atomic mass is 10.2. The van der Waals surface area contributed by atoms with Gasteiger partial charge in [-0.05, 0) is 11.6 Å². The van der Waals surface area contributed by atoms with Gasteiger partial charge in [0.1, 0.15) is 0 Å². The standard InChI is InChI=1S/C25H35N5O5/c31-24(32)20-28-14-10-26(18-22-6-2-1-3-7-22)11-15-29(21-25(33)34)17-13-27(12-16-28)19-23-8-4-5-9-30(23)35/h1-9H,10-21H2,(H,31,32)(H,33,34). The third-order valence-electron chi connectivity index (χ3n) is 6.19. The number of aromatic nitrogens is 1. The van der Waals surface area contributed by atoms with Crippen LogP contribution in [0.3, 0.4) is 0 Å². The molecule has 0 bridgehead atoms. The van der Waals surface area contributed by atoms with Crippen LogP contribution in [-0.4, -0.2) is 107 Å². The second-order valence-corrected chi connectivity index (χ2v) is 8.90. The molecular weight excluding hydrogens is 450 g/mol. The fourth-order valence-electron chi connectivity index (χ4n) is 4.25. The summed E-state index contributed by atoms with van der Waals surface area (Å²) in [5.41, 5.74) is 1.76. The minimum absolute atomic E-state index is 0.0505. The quantitative estimate of drug-likeness (QED) is 0.405. The average Bonchev–Trinajstić information content (AvgIpc) is 2.82. The van der Waals surface area contributed by atoms with E-state index < -0.39 is 11.9 Å². The van der Waals surface area contributed by atoms with E-state index in [0.717, 1.165) is 10.3 Å². The second kappa shape index (κ2) is 13.7. The van der Waals surface area contributed by atoms with Gasteiger partial charge in [0.25, 0.3) is 0 Å². The van der Waals surface area contributed by atoms with Crippen LogP contribution < -0.4 is 4.73 Å². The van der Waals surface area contributed by atoms with Crippen molar-refractivity contribution < 1.29 is 24.5 Å². The fourth-order valence-corrected chi connectivity index (χ4v) is 4.25. The van der Waals surface area contributed by atoms with Crippen molar-refractivity contribution in [2.24, 2.45) is 0 Å².